The monoisotopic (exact) mass is 1090 g/mol. The molecule has 0 amide bonds. The summed E-state index contributed by atoms with van der Waals surface area (Å²) in [5, 5.41) is 8.56. The number of hydrogen-bond acceptors (Lipinski definition) is 12. The fourth-order valence-electron chi connectivity index (χ4n) is 6.30. The molecule has 0 bridgehead atoms. The van der Waals surface area contributed by atoms with Gasteiger partial charge in [-0.05, 0) is 86.7 Å². The maximum Gasteiger partial charge on any atom is 0.432 e. The van der Waals surface area contributed by atoms with Gasteiger partial charge in [-0.3, -0.25) is 9.97 Å². The highest BCUT2D eigenvalue weighted by Crippen LogP contribution is 2.34. The predicted octanol–water partition coefficient (Wildman–Crippen LogP) is 13.5. The molecule has 22 heteroatoms. The zero-order valence-corrected chi connectivity index (χ0v) is 40.5. The number of nitrogens with two attached hydrogens (primary N) is 1. The van der Waals surface area contributed by atoms with E-state index in [2.05, 4.69) is 67.9 Å². The number of halogens is 7. The van der Waals surface area contributed by atoms with Crippen LogP contribution < -0.4 is 25.8 Å². The Balaban J connectivity index is 0.000000195. The second kappa shape index (κ2) is 22.5. The third kappa shape index (κ3) is 13.5. The van der Waals surface area contributed by atoms with Gasteiger partial charge in [-0.2, -0.15) is 31.3 Å². The summed E-state index contributed by atoms with van der Waals surface area (Å²) in [5.41, 5.74) is 11.6. The molecule has 0 spiro atoms. The van der Waals surface area contributed by atoms with Crippen molar-refractivity contribution in [2.45, 2.75) is 26.2 Å². The average molecular weight is 1090 g/mol. The van der Waals surface area contributed by atoms with E-state index in [9.17, 15) is 26.3 Å². The van der Waals surface area contributed by atoms with Gasteiger partial charge in [0.25, 0.3) is 0 Å². The Hall–Kier alpha value is -7.82. The number of rotatable bonds is 10. The summed E-state index contributed by atoms with van der Waals surface area (Å²) >= 11 is 4.45. The molecule has 6 N–H and O–H groups in total. The molecule has 5 heterocycles. The van der Waals surface area contributed by atoms with Crippen molar-refractivity contribution in [3.63, 3.8) is 0 Å². The van der Waals surface area contributed by atoms with Crippen LogP contribution in [0.4, 0.5) is 55.0 Å². The fourth-order valence-corrected chi connectivity index (χ4v) is 6.40. The number of aliphatic imine (C=N–C) groups is 1. The molecule has 9 aromatic rings. The number of nitrogens with zero attached hydrogens (tertiary/aromatic N) is 7. The van der Waals surface area contributed by atoms with Crippen LogP contribution in [-0.2, 0) is 19.4 Å². The molecular weight excluding hydrogens is 1050 g/mol. The molecule has 5 aromatic heterocycles. The topological polar surface area (TPSA) is 182 Å². The van der Waals surface area contributed by atoms with Crippen molar-refractivity contribution in [2.24, 2.45) is 12.0 Å². The minimum absolute atomic E-state index is 0. The van der Waals surface area contributed by atoms with Crippen LogP contribution in [0.15, 0.2) is 139 Å². The van der Waals surface area contributed by atoms with Crippen LogP contribution >= 0.6 is 36.2 Å². The molecule has 360 valence electrons. The summed E-state index contributed by atoms with van der Waals surface area (Å²) in [6, 6.07) is 32.6. The number of aromatic nitrogens is 8. The smallest absolute Gasteiger partial charge is 0.432 e. The summed E-state index contributed by atoms with van der Waals surface area (Å²) in [5.74, 6) is 2.51. The van der Waals surface area contributed by atoms with E-state index < -0.39 is 23.7 Å². The highest BCUT2D eigenvalue weighted by atomic mass is 127. The molecule has 0 saturated carbocycles. The van der Waals surface area contributed by atoms with Crippen molar-refractivity contribution in [3.05, 3.63) is 156 Å². The molecule has 0 fully saturated rings. The molecule has 14 nitrogen and oxygen atoms in total. The lowest BCUT2D eigenvalue weighted by atomic mass is 10.2. The molecule has 4 aromatic carbocycles. The Kier molecular flexibility index (Phi) is 16.6. The van der Waals surface area contributed by atoms with Crippen LogP contribution in [0.5, 0.6) is 23.0 Å². The van der Waals surface area contributed by atoms with E-state index in [0.29, 0.717) is 34.6 Å². The molecule has 9 rings (SSSR count). The Morgan fingerprint density at radius 2 is 1.17 bits per heavy atom. The molecule has 0 radical (unpaired) electrons. The second-order valence-corrected chi connectivity index (χ2v) is 15.1. The van der Waals surface area contributed by atoms with Gasteiger partial charge in [0.1, 0.15) is 45.8 Å². The standard InChI is InChI=1S/C24H19F3N6O.C16H14F3N5O.C8H7NS.HI/c1-14-3-5-15(6-4-14)30-23-31-18-11-16(7-8-20(18)33(23)2)34-17-9-10-28-19(12-17)22-29-13-21(32-22)24(25,26)27;1-21-12-3-2-9(6-11(12)20)25-10-4-5-22-13(7-10)15-23-8-14(24-15)16(17,18)19;1-7-2-4-8(5-3-7)9-6-10;/h3-13H,1-2H3,(H,29,32)(H,30,31);2-8,21H,20H2,1H3,(H,23,24);2-5H,1H3;1H. The van der Waals surface area contributed by atoms with E-state index in [-0.39, 0.29) is 47.0 Å². The molecule has 0 aliphatic rings. The lowest BCUT2D eigenvalue weighted by molar-refractivity contribution is -0.141. The van der Waals surface area contributed by atoms with Crippen LogP contribution in [0.1, 0.15) is 22.5 Å². The highest BCUT2D eigenvalue weighted by Gasteiger charge is 2.34. The third-order valence-corrected chi connectivity index (χ3v) is 9.93. The number of isothiocyanates is 1. The van der Waals surface area contributed by atoms with E-state index in [0.717, 1.165) is 40.5 Å². The van der Waals surface area contributed by atoms with Crippen LogP contribution in [0.2, 0.25) is 0 Å². The van der Waals surface area contributed by atoms with Crippen molar-refractivity contribution in [1.82, 2.24) is 39.5 Å². The van der Waals surface area contributed by atoms with Crippen molar-refractivity contribution >= 4 is 81.1 Å². The number of aromatic amines is 2. The highest BCUT2D eigenvalue weighted by molar-refractivity contribution is 14.0. The van der Waals surface area contributed by atoms with Crippen molar-refractivity contribution in [3.8, 4) is 46.0 Å². The maximum absolute atomic E-state index is 12.9. The lowest BCUT2D eigenvalue weighted by Crippen LogP contribution is -2.04. The van der Waals surface area contributed by atoms with E-state index >= 15 is 0 Å². The average Bonchev–Trinajstić information content (AvgIpc) is 4.10. The molecule has 0 unspecified atom stereocenters. The number of nitrogen functional groups attached to an aromatic ring is 1. The first-order chi connectivity index (χ1) is 32.9. The molecule has 0 saturated heterocycles. The number of alkyl halides is 6. The van der Waals surface area contributed by atoms with Gasteiger partial charge in [0.05, 0.1) is 45.7 Å². The van der Waals surface area contributed by atoms with E-state index in [4.69, 9.17) is 15.2 Å². The van der Waals surface area contributed by atoms with Crippen LogP contribution in [0, 0.1) is 13.8 Å². The molecule has 0 aliphatic carbocycles. The maximum atomic E-state index is 12.9. The number of fused-ring (bicyclic) bond motifs is 1. The normalized spacial score (nSPS) is 10.9. The minimum Gasteiger partial charge on any atom is -0.457 e. The zero-order chi connectivity index (χ0) is 49.3. The summed E-state index contributed by atoms with van der Waals surface area (Å²) in [4.78, 5) is 28.5. The third-order valence-electron chi connectivity index (χ3n) is 9.84. The lowest BCUT2D eigenvalue weighted by Gasteiger charge is -2.10. The number of imidazole rings is 3. The summed E-state index contributed by atoms with van der Waals surface area (Å²) < 4.78 is 90.1. The number of thiocarbonyl (C=S) groups is 1. The van der Waals surface area contributed by atoms with E-state index in [1.54, 1.807) is 49.5 Å². The molecule has 0 atom stereocenters. The van der Waals surface area contributed by atoms with Crippen LogP contribution in [0.3, 0.4) is 0 Å². The number of aryl methyl sites for hydroxylation is 3. The van der Waals surface area contributed by atoms with Gasteiger partial charge in [-0.25, -0.2) is 15.0 Å². The summed E-state index contributed by atoms with van der Waals surface area (Å²) in [7, 11) is 3.67. The second-order valence-electron chi connectivity index (χ2n) is 14.9. The first kappa shape index (κ1) is 51.6. The number of ether oxygens (including phenoxy) is 2. The number of H-pyrrole nitrogens is 2. The van der Waals surface area contributed by atoms with Crippen LogP contribution in [-0.4, -0.2) is 51.7 Å². The first-order valence-corrected chi connectivity index (χ1v) is 20.9. The number of nitrogens with one attached hydrogen (secondary N) is 4. The Labute approximate surface area is 418 Å². The van der Waals surface area contributed by atoms with Gasteiger partial charge >= 0.3 is 12.4 Å². The number of benzene rings is 4. The largest absolute Gasteiger partial charge is 0.457 e. The summed E-state index contributed by atoms with van der Waals surface area (Å²) in [6.07, 6.45) is -4.67. The number of pyridine rings is 2. The van der Waals surface area contributed by atoms with Gasteiger partial charge < -0.3 is 40.4 Å². The first-order valence-electron chi connectivity index (χ1n) is 20.5. The molecule has 0 aliphatic heterocycles. The Morgan fingerprint density at radius 3 is 1.66 bits per heavy atom. The van der Waals surface area contributed by atoms with E-state index in [1.807, 2.05) is 80.1 Å². The molecule has 70 heavy (non-hydrogen) atoms. The van der Waals surface area contributed by atoms with Crippen molar-refractivity contribution in [2.75, 3.05) is 23.4 Å². The van der Waals surface area contributed by atoms with Gasteiger partial charge in [0, 0.05) is 56.4 Å². The van der Waals surface area contributed by atoms with Gasteiger partial charge in [0.2, 0.25) is 5.95 Å². The van der Waals surface area contributed by atoms with Gasteiger partial charge in [-0.15, -0.1) is 24.0 Å². The Morgan fingerprint density at radius 1 is 0.671 bits per heavy atom. The molecular formula is C48H41F6IN12O2S. The fraction of sp³-hybridized carbons (Fsp3) is 0.125. The van der Waals surface area contributed by atoms with Gasteiger partial charge in [-0.1, -0.05) is 35.4 Å². The SMILES string of the molecule is CNc1ccc(Oc2ccnc(-c3ncc(C(F)(F)F)[nH]3)c2)cc1N.Cc1ccc(N=C=S)cc1.Cc1ccc(Nc2nc3cc(Oc4ccnc(-c5ncc(C(F)(F)F)[nH]5)c4)ccc3n2C)cc1.I. The van der Waals surface area contributed by atoms with Crippen molar-refractivity contribution in [1.29, 1.82) is 0 Å². The van der Waals surface area contributed by atoms with Crippen molar-refractivity contribution < 1.29 is 35.8 Å². The minimum atomic E-state index is -4.51. The Bertz CT molecular complexity index is 3240. The number of hydrogen-bond donors (Lipinski definition) is 5. The van der Waals surface area contributed by atoms with Crippen LogP contribution in [0.25, 0.3) is 34.1 Å². The summed E-state index contributed by atoms with van der Waals surface area (Å²) in [6.45, 7) is 4.06. The quantitative estimate of drug-likeness (QED) is 0.0289. The van der Waals surface area contributed by atoms with E-state index in [1.165, 1.54) is 35.7 Å². The predicted molar refractivity (Wildman–Crippen MR) is 271 cm³/mol. The number of anilines is 4. The van der Waals surface area contributed by atoms with Gasteiger partial charge in [0.15, 0.2) is 11.6 Å². The zero-order valence-electron chi connectivity index (χ0n) is 37.3.